The lowest BCUT2D eigenvalue weighted by Crippen LogP contribution is -2.38. The smallest absolute Gasteiger partial charge is 0.272 e. The molecule has 3 rings (SSSR count). The standard InChI is InChI=1S/C19H23N3O3S/c1-14-3-5-15(6-4-14)12-21-16-7-9-20-18(11-16)19(23)22(2)17-8-10-26(24,25)13-17/h3-7,9,11,17H,8,10,12-13H2,1-2H3,(H,20,21). The minimum atomic E-state index is -3.03. The number of carbonyl (C=O) groups excluding carboxylic acids is 1. The van der Waals surface area contributed by atoms with Crippen molar-refractivity contribution in [3.63, 3.8) is 0 Å². The van der Waals surface area contributed by atoms with Gasteiger partial charge < -0.3 is 10.2 Å². The van der Waals surface area contributed by atoms with E-state index in [4.69, 9.17) is 0 Å². The molecule has 2 aromatic rings. The van der Waals surface area contributed by atoms with Crippen molar-refractivity contribution in [1.29, 1.82) is 0 Å². The lowest BCUT2D eigenvalue weighted by atomic mass is 10.1. The van der Waals surface area contributed by atoms with Crippen LogP contribution in [0.25, 0.3) is 0 Å². The zero-order chi connectivity index (χ0) is 18.7. The van der Waals surface area contributed by atoms with E-state index in [0.717, 1.165) is 11.3 Å². The van der Waals surface area contributed by atoms with Gasteiger partial charge in [0.25, 0.3) is 5.91 Å². The summed E-state index contributed by atoms with van der Waals surface area (Å²) in [5.74, 6) is -0.0901. The van der Waals surface area contributed by atoms with Crippen molar-refractivity contribution in [3.05, 3.63) is 59.4 Å². The lowest BCUT2D eigenvalue weighted by Gasteiger charge is -2.23. The van der Waals surface area contributed by atoms with Gasteiger partial charge in [0.2, 0.25) is 0 Å². The Labute approximate surface area is 154 Å². The first kappa shape index (κ1) is 18.4. The zero-order valence-electron chi connectivity index (χ0n) is 15.0. The Morgan fingerprint density at radius 3 is 2.65 bits per heavy atom. The molecule has 138 valence electrons. The van der Waals surface area contributed by atoms with Crippen molar-refractivity contribution in [1.82, 2.24) is 9.88 Å². The number of aryl methyl sites for hydroxylation is 1. The van der Waals surface area contributed by atoms with Crippen LogP contribution < -0.4 is 5.32 Å². The molecule has 1 aromatic heterocycles. The largest absolute Gasteiger partial charge is 0.381 e. The highest BCUT2D eigenvalue weighted by Gasteiger charge is 2.33. The third-order valence-corrected chi connectivity index (χ3v) is 6.42. The van der Waals surface area contributed by atoms with E-state index in [9.17, 15) is 13.2 Å². The normalized spacial score (nSPS) is 18.5. The number of anilines is 1. The van der Waals surface area contributed by atoms with E-state index >= 15 is 0 Å². The van der Waals surface area contributed by atoms with Gasteiger partial charge in [-0.05, 0) is 31.0 Å². The first-order chi connectivity index (χ1) is 12.3. The molecule has 1 fully saturated rings. The van der Waals surface area contributed by atoms with Crippen LogP contribution >= 0.6 is 0 Å². The number of hydrogen-bond acceptors (Lipinski definition) is 5. The topological polar surface area (TPSA) is 79.4 Å². The van der Waals surface area contributed by atoms with E-state index in [1.54, 1.807) is 19.3 Å². The fraction of sp³-hybridized carbons (Fsp3) is 0.368. The Morgan fingerprint density at radius 1 is 1.27 bits per heavy atom. The summed E-state index contributed by atoms with van der Waals surface area (Å²) in [4.78, 5) is 18.3. The molecule has 1 unspecified atom stereocenters. The summed E-state index contributed by atoms with van der Waals surface area (Å²) in [6.45, 7) is 2.69. The van der Waals surface area contributed by atoms with Crippen LogP contribution in [0, 0.1) is 6.92 Å². The van der Waals surface area contributed by atoms with Crippen LogP contribution in [0.1, 0.15) is 28.0 Å². The van der Waals surface area contributed by atoms with Gasteiger partial charge in [-0.1, -0.05) is 29.8 Å². The first-order valence-corrected chi connectivity index (χ1v) is 10.4. The monoisotopic (exact) mass is 373 g/mol. The highest BCUT2D eigenvalue weighted by molar-refractivity contribution is 7.91. The van der Waals surface area contributed by atoms with Gasteiger partial charge in [0, 0.05) is 31.5 Å². The molecule has 1 atom stereocenters. The molecule has 0 aliphatic carbocycles. The average molecular weight is 373 g/mol. The van der Waals surface area contributed by atoms with Crippen LogP contribution in [0.15, 0.2) is 42.6 Å². The molecule has 1 aliphatic heterocycles. The van der Waals surface area contributed by atoms with E-state index in [1.807, 2.05) is 13.0 Å². The molecule has 26 heavy (non-hydrogen) atoms. The molecule has 0 saturated carbocycles. The Kier molecular flexibility index (Phi) is 5.27. The second-order valence-electron chi connectivity index (χ2n) is 6.74. The molecule has 1 aliphatic rings. The highest BCUT2D eigenvalue weighted by Crippen LogP contribution is 2.19. The fourth-order valence-electron chi connectivity index (χ4n) is 2.99. The summed E-state index contributed by atoms with van der Waals surface area (Å²) in [5.41, 5.74) is 3.47. The lowest BCUT2D eigenvalue weighted by molar-refractivity contribution is 0.0742. The average Bonchev–Trinajstić information content (AvgIpc) is 3.00. The van der Waals surface area contributed by atoms with Crippen molar-refractivity contribution < 1.29 is 13.2 Å². The number of amides is 1. The Bertz CT molecular complexity index is 895. The molecule has 0 radical (unpaired) electrons. The summed E-state index contributed by atoms with van der Waals surface area (Å²) >= 11 is 0. The number of hydrogen-bond donors (Lipinski definition) is 1. The maximum atomic E-state index is 12.6. The van der Waals surface area contributed by atoms with Gasteiger partial charge in [0.15, 0.2) is 9.84 Å². The number of pyridine rings is 1. The second kappa shape index (κ2) is 7.45. The van der Waals surface area contributed by atoms with Gasteiger partial charge >= 0.3 is 0 Å². The van der Waals surface area contributed by atoms with Gasteiger partial charge in [0.05, 0.1) is 11.5 Å². The van der Waals surface area contributed by atoms with Crippen LogP contribution in [0.2, 0.25) is 0 Å². The van der Waals surface area contributed by atoms with Crippen molar-refractivity contribution >= 4 is 21.4 Å². The predicted octanol–water partition coefficient (Wildman–Crippen LogP) is 2.26. The molecule has 7 heteroatoms. The molecular formula is C19H23N3O3S. The summed E-state index contributed by atoms with van der Waals surface area (Å²) in [7, 11) is -1.39. The van der Waals surface area contributed by atoms with Crippen LogP contribution in [-0.2, 0) is 16.4 Å². The molecule has 1 N–H and O–H groups in total. The quantitative estimate of drug-likeness (QED) is 0.870. The number of sulfone groups is 1. The molecule has 0 spiro atoms. The number of aromatic nitrogens is 1. The van der Waals surface area contributed by atoms with Crippen molar-refractivity contribution in [2.45, 2.75) is 25.9 Å². The van der Waals surface area contributed by atoms with E-state index < -0.39 is 9.84 Å². The zero-order valence-corrected chi connectivity index (χ0v) is 15.8. The number of nitrogens with one attached hydrogen (secondary N) is 1. The van der Waals surface area contributed by atoms with Crippen molar-refractivity contribution in [2.24, 2.45) is 0 Å². The number of carbonyl (C=O) groups is 1. The molecule has 1 amide bonds. The van der Waals surface area contributed by atoms with E-state index in [1.165, 1.54) is 10.5 Å². The van der Waals surface area contributed by atoms with Crippen LogP contribution in [0.5, 0.6) is 0 Å². The minimum absolute atomic E-state index is 0.0284. The number of benzene rings is 1. The maximum Gasteiger partial charge on any atom is 0.272 e. The van der Waals surface area contributed by atoms with Gasteiger partial charge in [-0.2, -0.15) is 0 Å². The Hall–Kier alpha value is -2.41. The predicted molar refractivity (Wildman–Crippen MR) is 102 cm³/mol. The SMILES string of the molecule is Cc1ccc(CNc2ccnc(C(=O)N(C)C3CCS(=O)(=O)C3)c2)cc1. The molecule has 6 nitrogen and oxygen atoms in total. The molecule has 1 aromatic carbocycles. The summed E-state index contributed by atoms with van der Waals surface area (Å²) in [6, 6.07) is 11.5. The van der Waals surface area contributed by atoms with Gasteiger partial charge in [-0.25, -0.2) is 8.42 Å². The van der Waals surface area contributed by atoms with Gasteiger partial charge in [0.1, 0.15) is 5.69 Å². The molecule has 0 bridgehead atoms. The summed E-state index contributed by atoms with van der Waals surface area (Å²) < 4.78 is 23.3. The van der Waals surface area contributed by atoms with Crippen LogP contribution in [-0.4, -0.2) is 48.8 Å². The van der Waals surface area contributed by atoms with Crippen LogP contribution in [0.4, 0.5) is 5.69 Å². The number of rotatable bonds is 5. The van der Waals surface area contributed by atoms with Gasteiger partial charge in [-0.15, -0.1) is 0 Å². The van der Waals surface area contributed by atoms with Crippen molar-refractivity contribution in [2.75, 3.05) is 23.9 Å². The van der Waals surface area contributed by atoms with Gasteiger partial charge in [-0.3, -0.25) is 9.78 Å². The van der Waals surface area contributed by atoms with E-state index in [2.05, 4.69) is 34.6 Å². The van der Waals surface area contributed by atoms with Crippen LogP contribution in [0.3, 0.4) is 0 Å². The minimum Gasteiger partial charge on any atom is -0.381 e. The molecular weight excluding hydrogens is 350 g/mol. The first-order valence-electron chi connectivity index (χ1n) is 8.57. The fourth-order valence-corrected chi connectivity index (χ4v) is 4.77. The third-order valence-electron chi connectivity index (χ3n) is 4.67. The summed E-state index contributed by atoms with van der Waals surface area (Å²) in [6.07, 6.45) is 2.07. The molecule has 2 heterocycles. The highest BCUT2D eigenvalue weighted by atomic mass is 32.2. The second-order valence-corrected chi connectivity index (χ2v) is 8.97. The van der Waals surface area contributed by atoms with E-state index in [0.29, 0.717) is 18.7 Å². The number of nitrogens with zero attached hydrogens (tertiary/aromatic N) is 2. The summed E-state index contributed by atoms with van der Waals surface area (Å²) in [5, 5.41) is 3.29. The van der Waals surface area contributed by atoms with Crippen molar-refractivity contribution in [3.8, 4) is 0 Å². The Balaban J connectivity index is 1.66. The maximum absolute atomic E-state index is 12.6. The Morgan fingerprint density at radius 2 is 2.00 bits per heavy atom. The molecule has 1 saturated heterocycles. The third kappa shape index (κ3) is 4.40. The van der Waals surface area contributed by atoms with E-state index in [-0.39, 0.29) is 23.5 Å².